The summed E-state index contributed by atoms with van der Waals surface area (Å²) in [7, 11) is 0. The molecule has 0 spiro atoms. The Morgan fingerprint density at radius 2 is 1.93 bits per heavy atom. The van der Waals surface area contributed by atoms with Gasteiger partial charge in [0.2, 0.25) is 4.96 Å². The maximum Gasteiger partial charge on any atom is 0.267 e. The molecular weight excluding hydrogens is 449 g/mol. The van der Waals surface area contributed by atoms with Gasteiger partial charge in [-0.2, -0.15) is 9.61 Å². The third-order valence-electron chi connectivity index (χ3n) is 4.35. The normalized spacial score (nSPS) is 11.4. The van der Waals surface area contributed by atoms with Gasteiger partial charge in [-0.1, -0.05) is 52.7 Å². The van der Waals surface area contributed by atoms with E-state index < -0.39 is 0 Å². The Bertz CT molecular complexity index is 1400. The Hall–Kier alpha value is -2.52. The fourth-order valence-electron chi connectivity index (χ4n) is 2.97. The van der Waals surface area contributed by atoms with Crippen LogP contribution in [0.3, 0.4) is 0 Å². The Morgan fingerprint density at radius 3 is 2.76 bits per heavy atom. The number of rotatable bonds is 3. The number of thiophene rings is 1. The van der Waals surface area contributed by atoms with E-state index in [4.69, 9.17) is 23.2 Å². The molecule has 3 aromatic heterocycles. The minimum absolute atomic E-state index is 0.279. The molecule has 0 saturated heterocycles. The summed E-state index contributed by atoms with van der Waals surface area (Å²) < 4.78 is 2.55. The topological polar surface area (TPSA) is 72.2 Å². The number of anilines is 1. The summed E-state index contributed by atoms with van der Waals surface area (Å²) in [5.74, 6) is 0.429. The minimum Gasteiger partial charge on any atom is -0.321 e. The van der Waals surface area contributed by atoms with Crippen molar-refractivity contribution in [2.45, 2.75) is 6.92 Å². The van der Waals surface area contributed by atoms with Gasteiger partial charge in [-0.25, -0.2) is 0 Å². The van der Waals surface area contributed by atoms with Crippen molar-refractivity contribution in [2.24, 2.45) is 0 Å². The number of hydrogen-bond donors (Lipinski definition) is 1. The number of aromatic nitrogens is 4. The van der Waals surface area contributed by atoms with E-state index in [1.54, 1.807) is 16.6 Å². The number of carbonyl (C=O) groups is 1. The molecule has 0 aliphatic rings. The average molecular weight is 460 g/mol. The number of amides is 1. The third-order valence-corrected chi connectivity index (χ3v) is 7.17. The van der Waals surface area contributed by atoms with E-state index in [-0.39, 0.29) is 5.91 Å². The van der Waals surface area contributed by atoms with Crippen molar-refractivity contribution < 1.29 is 4.79 Å². The van der Waals surface area contributed by atoms with Gasteiger partial charge in [0.1, 0.15) is 9.88 Å². The number of benzene rings is 2. The molecule has 1 N–H and O–H groups in total. The first-order valence-corrected chi connectivity index (χ1v) is 10.9. The molecule has 0 unspecified atom stereocenters. The number of halogens is 2. The van der Waals surface area contributed by atoms with Crippen LogP contribution >= 0.6 is 45.9 Å². The summed E-state index contributed by atoms with van der Waals surface area (Å²) in [6.07, 6.45) is 0. The second-order valence-corrected chi connectivity index (χ2v) is 9.06. The van der Waals surface area contributed by atoms with Gasteiger partial charge in [0.25, 0.3) is 5.91 Å². The van der Waals surface area contributed by atoms with Crippen molar-refractivity contribution >= 4 is 72.5 Å². The molecule has 0 radical (unpaired) electrons. The first-order chi connectivity index (χ1) is 14.0. The highest BCUT2D eigenvalue weighted by Gasteiger charge is 2.20. The lowest BCUT2D eigenvalue weighted by Crippen LogP contribution is -2.11. The largest absolute Gasteiger partial charge is 0.321 e. The summed E-state index contributed by atoms with van der Waals surface area (Å²) in [5, 5.41) is 18.2. The molecule has 0 atom stereocenters. The highest BCUT2D eigenvalue weighted by atomic mass is 35.5. The maximum absolute atomic E-state index is 13.0. The first-order valence-electron chi connectivity index (χ1n) is 8.48. The lowest BCUT2D eigenvalue weighted by atomic mass is 10.2. The van der Waals surface area contributed by atoms with Crippen molar-refractivity contribution in [3.8, 4) is 10.6 Å². The number of para-hydroxylation sites is 1. The van der Waals surface area contributed by atoms with Gasteiger partial charge >= 0.3 is 0 Å². The van der Waals surface area contributed by atoms with Gasteiger partial charge in [-0.05, 0) is 31.2 Å². The first kappa shape index (κ1) is 18.5. The van der Waals surface area contributed by atoms with E-state index in [1.165, 1.54) is 22.7 Å². The summed E-state index contributed by atoms with van der Waals surface area (Å²) in [6, 6.07) is 12.9. The van der Waals surface area contributed by atoms with Crippen LogP contribution in [0.15, 0.2) is 42.5 Å². The quantitative estimate of drug-likeness (QED) is 0.362. The number of nitrogens with zero attached hydrogens (tertiary/aromatic N) is 4. The van der Waals surface area contributed by atoms with Crippen LogP contribution < -0.4 is 5.32 Å². The smallest absolute Gasteiger partial charge is 0.267 e. The number of hydrogen-bond acceptors (Lipinski definition) is 6. The zero-order valence-corrected chi connectivity index (χ0v) is 18.0. The van der Waals surface area contributed by atoms with E-state index in [0.717, 1.165) is 20.7 Å². The second-order valence-electron chi connectivity index (χ2n) is 6.23. The molecule has 0 aliphatic heterocycles. The van der Waals surface area contributed by atoms with E-state index >= 15 is 0 Å². The van der Waals surface area contributed by atoms with Gasteiger partial charge in [0, 0.05) is 20.7 Å². The number of carbonyl (C=O) groups excluding carboxylic acids is 1. The second kappa shape index (κ2) is 7.07. The van der Waals surface area contributed by atoms with Gasteiger partial charge in [0.05, 0.1) is 10.7 Å². The lowest BCUT2D eigenvalue weighted by molar-refractivity contribution is 0.103. The highest BCUT2D eigenvalue weighted by Crippen LogP contribution is 2.38. The number of fused-ring (bicyclic) bond motifs is 2. The van der Waals surface area contributed by atoms with Crippen LogP contribution in [-0.4, -0.2) is 25.7 Å². The van der Waals surface area contributed by atoms with Crippen LogP contribution in [-0.2, 0) is 0 Å². The Balaban J connectivity index is 1.53. The number of nitrogens with one attached hydrogen (secondary N) is 1. The van der Waals surface area contributed by atoms with Crippen LogP contribution in [0.2, 0.25) is 10.0 Å². The van der Waals surface area contributed by atoms with Crippen molar-refractivity contribution in [3.63, 3.8) is 0 Å². The highest BCUT2D eigenvalue weighted by molar-refractivity contribution is 7.21. The molecule has 10 heteroatoms. The van der Waals surface area contributed by atoms with Crippen molar-refractivity contribution in [3.05, 3.63) is 63.2 Å². The van der Waals surface area contributed by atoms with Crippen molar-refractivity contribution in [2.75, 3.05) is 5.32 Å². The van der Waals surface area contributed by atoms with Gasteiger partial charge < -0.3 is 5.32 Å². The molecule has 29 heavy (non-hydrogen) atoms. The standard InChI is InChI=1S/C19H11Cl2N5OS2/c1-9-23-24-19-26(9)25-18(29-19)11-4-2-3-5-13(11)22-17(27)16-15(21)12-7-6-10(20)8-14(12)28-16/h2-8H,1H3,(H,22,27). The van der Waals surface area contributed by atoms with E-state index in [2.05, 4.69) is 20.6 Å². The van der Waals surface area contributed by atoms with E-state index in [1.807, 2.05) is 37.3 Å². The predicted molar refractivity (Wildman–Crippen MR) is 119 cm³/mol. The molecule has 0 fully saturated rings. The molecule has 1 amide bonds. The average Bonchev–Trinajstić information content (AvgIpc) is 3.37. The fourth-order valence-corrected chi connectivity index (χ4v) is 5.58. The Kier molecular flexibility index (Phi) is 4.51. The minimum atomic E-state index is -0.279. The molecule has 2 aromatic carbocycles. The Labute approximate surface area is 182 Å². The third kappa shape index (κ3) is 3.18. The summed E-state index contributed by atoms with van der Waals surface area (Å²) in [6.45, 7) is 1.84. The molecule has 6 nitrogen and oxygen atoms in total. The lowest BCUT2D eigenvalue weighted by Gasteiger charge is -2.08. The molecule has 0 aliphatic carbocycles. The summed E-state index contributed by atoms with van der Waals surface area (Å²) in [5.41, 5.74) is 1.45. The molecule has 5 aromatic rings. The Morgan fingerprint density at radius 1 is 1.10 bits per heavy atom. The van der Waals surface area contributed by atoms with Crippen LogP contribution in [0, 0.1) is 6.92 Å². The van der Waals surface area contributed by atoms with Gasteiger partial charge in [0.15, 0.2) is 5.82 Å². The van der Waals surface area contributed by atoms with E-state index in [9.17, 15) is 4.79 Å². The zero-order chi connectivity index (χ0) is 20.1. The van der Waals surface area contributed by atoms with E-state index in [0.29, 0.717) is 31.4 Å². The maximum atomic E-state index is 13.0. The number of aryl methyl sites for hydroxylation is 1. The SMILES string of the molecule is Cc1nnc2sc(-c3ccccc3NC(=O)c3sc4cc(Cl)ccc4c3Cl)nn12. The van der Waals surface area contributed by atoms with Crippen LogP contribution in [0.1, 0.15) is 15.5 Å². The molecule has 3 heterocycles. The molecule has 0 bridgehead atoms. The summed E-state index contributed by atoms with van der Waals surface area (Å²) in [4.78, 5) is 14.1. The zero-order valence-electron chi connectivity index (χ0n) is 14.8. The van der Waals surface area contributed by atoms with Crippen molar-refractivity contribution in [1.29, 1.82) is 0 Å². The van der Waals surface area contributed by atoms with Crippen LogP contribution in [0.4, 0.5) is 5.69 Å². The summed E-state index contributed by atoms with van der Waals surface area (Å²) >= 11 is 15.2. The van der Waals surface area contributed by atoms with Crippen LogP contribution in [0.5, 0.6) is 0 Å². The monoisotopic (exact) mass is 459 g/mol. The molecule has 5 rings (SSSR count). The molecule has 144 valence electrons. The van der Waals surface area contributed by atoms with Crippen molar-refractivity contribution in [1.82, 2.24) is 19.8 Å². The molecular formula is C19H11Cl2N5OS2. The fraction of sp³-hybridized carbons (Fsp3) is 0.0526. The molecule has 0 saturated carbocycles. The van der Waals surface area contributed by atoms with Gasteiger partial charge in [-0.15, -0.1) is 21.5 Å². The predicted octanol–water partition coefficient (Wildman–Crippen LogP) is 5.94. The van der Waals surface area contributed by atoms with Crippen LogP contribution in [0.25, 0.3) is 25.6 Å². The van der Waals surface area contributed by atoms with Gasteiger partial charge in [-0.3, -0.25) is 4.79 Å².